The minimum absolute atomic E-state index is 0. The molecule has 0 saturated carbocycles. The lowest BCUT2D eigenvalue weighted by molar-refractivity contribution is -0.142. The van der Waals surface area contributed by atoms with E-state index in [-0.39, 0.29) is 31.5 Å². The number of benzene rings is 2. The van der Waals surface area contributed by atoms with Gasteiger partial charge in [0.15, 0.2) is 6.61 Å². The first-order valence-corrected chi connectivity index (χ1v) is 7.86. The minimum Gasteiger partial charge on any atom is -0.481 e. The molecule has 0 aromatic heterocycles. The summed E-state index contributed by atoms with van der Waals surface area (Å²) in [4.78, 5) is 23.3. The number of carbonyl (C=O) groups excluding carboxylic acids is 2. The molecule has 0 aliphatic carbocycles. The van der Waals surface area contributed by atoms with Crippen LogP contribution >= 0.6 is 12.4 Å². The molecule has 0 atom stereocenters. The second-order valence-electron chi connectivity index (χ2n) is 5.24. The van der Waals surface area contributed by atoms with E-state index in [4.69, 9.17) is 9.47 Å². The largest absolute Gasteiger partial charge is 0.481 e. The third kappa shape index (κ3) is 6.18. The van der Waals surface area contributed by atoms with Crippen LogP contribution in [-0.2, 0) is 19.1 Å². The maximum absolute atomic E-state index is 12.1. The van der Waals surface area contributed by atoms with E-state index in [0.717, 1.165) is 10.8 Å². The Kier molecular flexibility index (Phi) is 9.43. The average Bonchev–Trinajstić information content (AvgIpc) is 2.64. The van der Waals surface area contributed by atoms with E-state index in [1.165, 1.54) is 7.11 Å². The van der Waals surface area contributed by atoms with Gasteiger partial charge in [-0.25, -0.2) is 4.79 Å². The van der Waals surface area contributed by atoms with Gasteiger partial charge in [0.1, 0.15) is 5.75 Å². The van der Waals surface area contributed by atoms with Crippen molar-refractivity contribution in [2.24, 2.45) is 0 Å². The van der Waals surface area contributed by atoms with Crippen LogP contribution in [0.15, 0.2) is 36.4 Å². The molecule has 2 rings (SSSR count). The highest BCUT2D eigenvalue weighted by molar-refractivity contribution is 6.04. The molecule has 0 fully saturated rings. The lowest BCUT2D eigenvalue weighted by atomic mass is 10.1. The van der Waals surface area contributed by atoms with Crippen molar-refractivity contribution in [1.29, 1.82) is 0 Å². The zero-order valence-electron chi connectivity index (χ0n) is 14.7. The van der Waals surface area contributed by atoms with Gasteiger partial charge in [-0.2, -0.15) is 0 Å². The number of esters is 1. The number of fused-ring (bicyclic) bond motifs is 1. The number of hydrogen-bond donors (Lipinski definition) is 2. The number of hydrogen-bond acceptors (Lipinski definition) is 6. The van der Waals surface area contributed by atoms with E-state index in [1.807, 2.05) is 24.3 Å². The number of ether oxygens (including phenoxy) is 3. The molecule has 7 nitrogen and oxygen atoms in total. The van der Waals surface area contributed by atoms with Gasteiger partial charge in [0.2, 0.25) is 5.91 Å². The van der Waals surface area contributed by atoms with Crippen molar-refractivity contribution in [3.05, 3.63) is 36.4 Å². The van der Waals surface area contributed by atoms with Crippen LogP contribution in [0.2, 0.25) is 0 Å². The van der Waals surface area contributed by atoms with E-state index in [1.54, 1.807) is 19.2 Å². The number of amides is 1. The average molecular weight is 383 g/mol. The van der Waals surface area contributed by atoms with Gasteiger partial charge in [-0.1, -0.05) is 24.3 Å². The highest BCUT2D eigenvalue weighted by atomic mass is 35.5. The number of methoxy groups -OCH3 is 2. The maximum atomic E-state index is 12.1. The van der Waals surface area contributed by atoms with Crippen molar-refractivity contribution in [3.63, 3.8) is 0 Å². The molecular weight excluding hydrogens is 360 g/mol. The van der Waals surface area contributed by atoms with E-state index in [9.17, 15) is 9.59 Å². The van der Waals surface area contributed by atoms with Gasteiger partial charge in [-0.15, -0.1) is 12.4 Å². The predicted octanol–water partition coefficient (Wildman–Crippen LogP) is 1.99. The molecule has 2 aromatic rings. The zero-order valence-corrected chi connectivity index (χ0v) is 15.6. The minimum atomic E-state index is -0.455. The van der Waals surface area contributed by atoms with Gasteiger partial charge in [-0.3, -0.25) is 4.79 Å². The second kappa shape index (κ2) is 11.3. The van der Waals surface area contributed by atoms with Gasteiger partial charge in [-0.05, 0) is 12.1 Å². The van der Waals surface area contributed by atoms with Gasteiger partial charge in [0.25, 0.3) is 0 Å². The molecule has 2 N–H and O–H groups in total. The molecule has 26 heavy (non-hydrogen) atoms. The first-order valence-electron chi connectivity index (χ1n) is 7.86. The van der Waals surface area contributed by atoms with Crippen molar-refractivity contribution in [1.82, 2.24) is 5.32 Å². The van der Waals surface area contributed by atoms with Crippen molar-refractivity contribution >= 4 is 40.7 Å². The predicted molar refractivity (Wildman–Crippen MR) is 102 cm³/mol. The first-order chi connectivity index (χ1) is 12.2. The molecule has 0 radical (unpaired) electrons. The molecule has 0 bridgehead atoms. The molecule has 0 spiro atoms. The van der Waals surface area contributed by atoms with Crippen LogP contribution in [0.5, 0.6) is 5.75 Å². The highest BCUT2D eigenvalue weighted by Gasteiger charge is 2.10. The van der Waals surface area contributed by atoms with Crippen molar-refractivity contribution in [2.75, 3.05) is 45.8 Å². The third-order valence-electron chi connectivity index (χ3n) is 3.50. The van der Waals surface area contributed by atoms with E-state index >= 15 is 0 Å². The number of anilines is 1. The molecule has 142 valence electrons. The molecular formula is C18H23ClN2O5. The Hall–Kier alpha value is -2.35. The van der Waals surface area contributed by atoms with Gasteiger partial charge in [0, 0.05) is 30.1 Å². The summed E-state index contributed by atoms with van der Waals surface area (Å²) in [6.07, 6.45) is 0. The Labute approximate surface area is 158 Å². The van der Waals surface area contributed by atoms with E-state index in [2.05, 4.69) is 15.4 Å². The van der Waals surface area contributed by atoms with Gasteiger partial charge < -0.3 is 24.8 Å². The van der Waals surface area contributed by atoms with E-state index < -0.39 is 5.97 Å². The van der Waals surface area contributed by atoms with Crippen LogP contribution in [-0.4, -0.2) is 52.4 Å². The third-order valence-corrected chi connectivity index (χ3v) is 3.50. The summed E-state index contributed by atoms with van der Waals surface area (Å²) in [6.45, 7) is 1.17. The van der Waals surface area contributed by atoms with Crippen molar-refractivity contribution < 1.29 is 23.8 Å². The zero-order chi connectivity index (χ0) is 18.1. The molecule has 1 amide bonds. The second-order valence-corrected chi connectivity index (χ2v) is 5.24. The quantitative estimate of drug-likeness (QED) is 0.509. The Morgan fingerprint density at radius 1 is 1.04 bits per heavy atom. The summed E-state index contributed by atoms with van der Waals surface area (Å²) in [5.74, 6) is -0.0507. The van der Waals surface area contributed by atoms with E-state index in [0.29, 0.717) is 24.6 Å². The molecule has 0 aliphatic heterocycles. The fourth-order valence-electron chi connectivity index (χ4n) is 2.27. The lowest BCUT2D eigenvalue weighted by Gasteiger charge is -2.13. The lowest BCUT2D eigenvalue weighted by Crippen LogP contribution is -2.30. The molecule has 8 heteroatoms. The Bertz CT molecular complexity index is 739. The van der Waals surface area contributed by atoms with Crippen molar-refractivity contribution in [3.8, 4) is 5.75 Å². The summed E-state index contributed by atoms with van der Waals surface area (Å²) >= 11 is 0. The van der Waals surface area contributed by atoms with Crippen molar-refractivity contribution in [2.45, 2.75) is 0 Å². The normalized spacial score (nSPS) is 10.1. The molecule has 0 heterocycles. The summed E-state index contributed by atoms with van der Waals surface area (Å²) in [5, 5.41) is 7.50. The fraction of sp³-hybridized carbons (Fsp3) is 0.333. The molecule has 0 saturated heterocycles. The summed E-state index contributed by atoms with van der Waals surface area (Å²) < 4.78 is 15.0. The SMILES string of the molecule is COCCNCC(=O)Nc1ccc(OCC(=O)OC)c2ccccc12.Cl. The summed E-state index contributed by atoms with van der Waals surface area (Å²) in [6, 6.07) is 11.0. The topological polar surface area (TPSA) is 85.9 Å². The van der Waals surface area contributed by atoms with Crippen LogP contribution in [0.25, 0.3) is 10.8 Å². The number of carbonyl (C=O) groups is 2. The Balaban J connectivity index is 0.00000338. The van der Waals surface area contributed by atoms with Crippen LogP contribution in [0.3, 0.4) is 0 Å². The molecule has 0 aliphatic rings. The van der Waals surface area contributed by atoms with Crippen LogP contribution in [0, 0.1) is 0 Å². The molecule has 0 unspecified atom stereocenters. The van der Waals surface area contributed by atoms with Crippen LogP contribution < -0.4 is 15.4 Å². The standard InChI is InChI=1S/C18H22N2O5.ClH/c1-23-10-9-19-11-17(21)20-15-7-8-16(25-12-18(22)24-2)14-6-4-3-5-13(14)15;/h3-8,19H,9-12H2,1-2H3,(H,20,21);1H. The van der Waals surface area contributed by atoms with Crippen LogP contribution in [0.4, 0.5) is 5.69 Å². The number of halogens is 1. The van der Waals surface area contributed by atoms with Crippen LogP contribution in [0.1, 0.15) is 0 Å². The fourth-order valence-corrected chi connectivity index (χ4v) is 2.27. The summed E-state index contributed by atoms with van der Waals surface area (Å²) in [7, 11) is 2.92. The number of rotatable bonds is 9. The Morgan fingerprint density at radius 3 is 2.46 bits per heavy atom. The highest BCUT2D eigenvalue weighted by Crippen LogP contribution is 2.31. The van der Waals surface area contributed by atoms with Gasteiger partial charge >= 0.3 is 5.97 Å². The number of nitrogens with one attached hydrogen (secondary N) is 2. The molecule has 2 aromatic carbocycles. The van der Waals surface area contributed by atoms with Gasteiger partial charge in [0.05, 0.1) is 20.3 Å². The smallest absolute Gasteiger partial charge is 0.343 e. The first kappa shape index (κ1) is 21.7. The maximum Gasteiger partial charge on any atom is 0.343 e. The summed E-state index contributed by atoms with van der Waals surface area (Å²) in [5.41, 5.74) is 0.680. The monoisotopic (exact) mass is 382 g/mol. The Morgan fingerprint density at radius 2 is 1.77 bits per heavy atom.